The van der Waals surface area contributed by atoms with Crippen molar-refractivity contribution in [3.63, 3.8) is 0 Å². The van der Waals surface area contributed by atoms with Gasteiger partial charge in [-0.2, -0.15) is 0 Å². The minimum Gasteiger partial charge on any atom is -0.436 e. The molecule has 3 nitrogen and oxygen atoms in total. The molecule has 19 heavy (non-hydrogen) atoms. The lowest BCUT2D eigenvalue weighted by molar-refractivity contribution is 0.430. The first-order chi connectivity index (χ1) is 8.95. The highest BCUT2D eigenvalue weighted by Crippen LogP contribution is 2.30. The fourth-order valence-corrected chi connectivity index (χ4v) is 2.54. The third-order valence-corrected chi connectivity index (χ3v) is 3.66. The van der Waals surface area contributed by atoms with E-state index in [4.69, 9.17) is 10.2 Å². The topological polar surface area (TPSA) is 52.0 Å². The molecule has 2 aromatic rings. The van der Waals surface area contributed by atoms with Crippen LogP contribution in [0, 0.1) is 19.7 Å². The van der Waals surface area contributed by atoms with Crippen LogP contribution in [0.3, 0.4) is 0 Å². The van der Waals surface area contributed by atoms with E-state index in [2.05, 4.69) is 4.98 Å². The van der Waals surface area contributed by atoms with E-state index in [1.807, 2.05) is 26.8 Å². The maximum absolute atomic E-state index is 14.0. The van der Waals surface area contributed by atoms with Crippen molar-refractivity contribution in [3.05, 3.63) is 41.0 Å². The van der Waals surface area contributed by atoms with Crippen molar-refractivity contribution < 1.29 is 8.81 Å². The zero-order valence-corrected chi connectivity index (χ0v) is 12.1. The molecule has 0 radical (unpaired) electrons. The van der Waals surface area contributed by atoms with Crippen LogP contribution in [-0.4, -0.2) is 11.0 Å². The predicted octanol–water partition coefficient (Wildman–Crippen LogP) is 3.47. The van der Waals surface area contributed by atoms with Crippen molar-refractivity contribution >= 4 is 11.8 Å². The Labute approximate surface area is 116 Å². The summed E-state index contributed by atoms with van der Waals surface area (Å²) in [6, 6.07) is 5.17. The zero-order chi connectivity index (χ0) is 14.0. The summed E-state index contributed by atoms with van der Waals surface area (Å²) in [7, 11) is 0. The molecule has 1 aromatic carbocycles. The molecule has 0 aliphatic carbocycles. The Morgan fingerprint density at radius 1 is 1.42 bits per heavy atom. The predicted molar refractivity (Wildman–Crippen MR) is 73.9 cm³/mol. The smallest absolute Gasteiger partial charge is 0.261 e. The molecule has 2 rings (SSSR count). The van der Waals surface area contributed by atoms with Gasteiger partial charge in [0.15, 0.2) is 0 Å². The Balaban J connectivity index is 2.17. The number of aromatic nitrogens is 1. The average molecular weight is 280 g/mol. The quantitative estimate of drug-likeness (QED) is 0.931. The van der Waals surface area contributed by atoms with Gasteiger partial charge in [0.25, 0.3) is 5.22 Å². The molecule has 0 fully saturated rings. The molecule has 0 saturated heterocycles. The number of aryl methyl sites for hydroxylation is 2. The van der Waals surface area contributed by atoms with E-state index in [9.17, 15) is 4.39 Å². The van der Waals surface area contributed by atoms with Gasteiger partial charge in [0.2, 0.25) is 0 Å². The number of hydrogen-bond acceptors (Lipinski definition) is 4. The molecule has 0 aliphatic rings. The number of halogens is 1. The van der Waals surface area contributed by atoms with E-state index < -0.39 is 0 Å². The molecule has 0 spiro atoms. The van der Waals surface area contributed by atoms with E-state index in [-0.39, 0.29) is 11.9 Å². The van der Waals surface area contributed by atoms with Gasteiger partial charge in [-0.05, 0) is 56.7 Å². The lowest BCUT2D eigenvalue weighted by Gasteiger charge is -2.06. The standard InChI is InChI=1S/C14H17FN2OS/c1-8(16)6-11-4-5-13(12(15)7-11)19-14-17-9(2)10(3)18-14/h4-5,7-8H,6,16H2,1-3H3. The Morgan fingerprint density at radius 2 is 2.16 bits per heavy atom. The van der Waals surface area contributed by atoms with Gasteiger partial charge in [0.1, 0.15) is 11.6 Å². The second-order valence-corrected chi connectivity index (χ2v) is 5.66. The average Bonchev–Trinajstić information content (AvgIpc) is 2.61. The van der Waals surface area contributed by atoms with Crippen molar-refractivity contribution in [1.29, 1.82) is 0 Å². The monoisotopic (exact) mass is 280 g/mol. The number of oxazole rings is 1. The van der Waals surface area contributed by atoms with Crippen molar-refractivity contribution in [2.75, 3.05) is 0 Å². The normalized spacial score (nSPS) is 12.7. The molecule has 2 N–H and O–H groups in total. The Morgan fingerprint density at radius 3 is 2.68 bits per heavy atom. The first-order valence-electron chi connectivity index (χ1n) is 6.11. The van der Waals surface area contributed by atoms with E-state index in [0.717, 1.165) is 17.0 Å². The second kappa shape index (κ2) is 5.75. The van der Waals surface area contributed by atoms with Gasteiger partial charge < -0.3 is 10.2 Å². The zero-order valence-electron chi connectivity index (χ0n) is 11.2. The second-order valence-electron chi connectivity index (χ2n) is 4.67. The fraction of sp³-hybridized carbons (Fsp3) is 0.357. The molecule has 1 unspecified atom stereocenters. The van der Waals surface area contributed by atoms with Crippen molar-refractivity contribution in [3.8, 4) is 0 Å². The molecular weight excluding hydrogens is 263 g/mol. The molecule has 0 amide bonds. The van der Waals surface area contributed by atoms with Gasteiger partial charge in [-0.15, -0.1) is 0 Å². The Kier molecular flexibility index (Phi) is 4.27. The van der Waals surface area contributed by atoms with Crippen molar-refractivity contribution in [2.45, 2.75) is 43.4 Å². The summed E-state index contributed by atoms with van der Waals surface area (Å²) >= 11 is 1.19. The summed E-state index contributed by atoms with van der Waals surface area (Å²) in [5, 5.41) is 0.467. The van der Waals surface area contributed by atoms with Crippen LogP contribution < -0.4 is 5.73 Å². The minimum atomic E-state index is -0.267. The van der Waals surface area contributed by atoms with E-state index >= 15 is 0 Å². The molecule has 1 atom stereocenters. The molecule has 0 aliphatic heterocycles. The SMILES string of the molecule is Cc1nc(Sc2ccc(CC(C)N)cc2F)oc1C. The molecular formula is C14H17FN2OS. The number of hydrogen-bond donors (Lipinski definition) is 1. The lowest BCUT2D eigenvalue weighted by atomic mass is 10.1. The summed E-state index contributed by atoms with van der Waals surface area (Å²) in [6.07, 6.45) is 0.666. The first-order valence-corrected chi connectivity index (χ1v) is 6.93. The van der Waals surface area contributed by atoms with E-state index in [1.165, 1.54) is 17.8 Å². The van der Waals surface area contributed by atoms with Crippen LogP contribution in [-0.2, 0) is 6.42 Å². The molecule has 5 heteroatoms. The maximum Gasteiger partial charge on any atom is 0.261 e. The van der Waals surface area contributed by atoms with Crippen LogP contribution in [0.1, 0.15) is 23.9 Å². The van der Waals surface area contributed by atoms with E-state index in [0.29, 0.717) is 16.5 Å². The highest BCUT2D eigenvalue weighted by molar-refractivity contribution is 7.99. The van der Waals surface area contributed by atoms with Crippen LogP contribution >= 0.6 is 11.8 Å². The highest BCUT2D eigenvalue weighted by Gasteiger charge is 2.11. The van der Waals surface area contributed by atoms with E-state index in [1.54, 1.807) is 6.07 Å². The summed E-state index contributed by atoms with van der Waals surface area (Å²) in [5.74, 6) is 0.494. The fourth-order valence-electron chi connectivity index (χ4n) is 1.71. The van der Waals surface area contributed by atoms with Crippen LogP contribution in [0.2, 0.25) is 0 Å². The van der Waals surface area contributed by atoms with Gasteiger partial charge in [-0.25, -0.2) is 9.37 Å². The van der Waals surface area contributed by atoms with Crippen molar-refractivity contribution in [2.24, 2.45) is 5.73 Å². The summed E-state index contributed by atoms with van der Waals surface area (Å²) in [4.78, 5) is 4.74. The molecule has 102 valence electrons. The summed E-state index contributed by atoms with van der Waals surface area (Å²) in [6.45, 7) is 5.61. The first kappa shape index (κ1) is 14.1. The number of nitrogens with zero attached hydrogens (tertiary/aromatic N) is 1. The van der Waals surface area contributed by atoms with Gasteiger partial charge in [0, 0.05) is 6.04 Å². The van der Waals surface area contributed by atoms with Gasteiger partial charge in [-0.1, -0.05) is 6.07 Å². The maximum atomic E-state index is 14.0. The molecule has 0 bridgehead atoms. The van der Waals surface area contributed by atoms with Crippen LogP contribution in [0.4, 0.5) is 4.39 Å². The lowest BCUT2D eigenvalue weighted by Crippen LogP contribution is -2.17. The number of nitrogens with two attached hydrogens (primary N) is 1. The minimum absolute atomic E-state index is 0.0231. The van der Waals surface area contributed by atoms with Gasteiger partial charge >= 0.3 is 0 Å². The Bertz CT molecular complexity index is 561. The Hall–Kier alpha value is -1.33. The van der Waals surface area contributed by atoms with Crippen LogP contribution in [0.25, 0.3) is 0 Å². The third-order valence-electron chi connectivity index (χ3n) is 2.76. The van der Waals surface area contributed by atoms with Crippen LogP contribution in [0.15, 0.2) is 32.7 Å². The highest BCUT2D eigenvalue weighted by atomic mass is 32.2. The molecule has 0 saturated carbocycles. The molecule has 1 aromatic heterocycles. The number of rotatable bonds is 4. The number of benzene rings is 1. The van der Waals surface area contributed by atoms with Gasteiger partial charge in [-0.3, -0.25) is 0 Å². The largest absolute Gasteiger partial charge is 0.436 e. The molecule has 1 heterocycles. The van der Waals surface area contributed by atoms with Gasteiger partial charge in [0.05, 0.1) is 10.6 Å². The summed E-state index contributed by atoms with van der Waals surface area (Å²) < 4.78 is 19.4. The van der Waals surface area contributed by atoms with Crippen molar-refractivity contribution in [1.82, 2.24) is 4.98 Å². The third kappa shape index (κ3) is 3.58. The van der Waals surface area contributed by atoms with Crippen LogP contribution in [0.5, 0.6) is 0 Å². The summed E-state index contributed by atoms with van der Waals surface area (Å²) in [5.41, 5.74) is 7.43.